The predicted molar refractivity (Wildman–Crippen MR) is 116 cm³/mol. The van der Waals surface area contributed by atoms with E-state index in [1.165, 1.54) is 5.56 Å². The third kappa shape index (κ3) is 4.78. The number of rotatable bonds is 8. The lowest BCUT2D eigenvalue weighted by Crippen LogP contribution is -2.43. The van der Waals surface area contributed by atoms with Gasteiger partial charge < -0.3 is 16.4 Å². The first-order valence-electron chi connectivity index (χ1n) is 10.9. The van der Waals surface area contributed by atoms with Gasteiger partial charge in [0.1, 0.15) is 5.56 Å². The molecule has 1 aromatic heterocycles. The van der Waals surface area contributed by atoms with E-state index in [9.17, 15) is 14.9 Å². The number of benzene rings is 1. The second kappa shape index (κ2) is 8.90. The van der Waals surface area contributed by atoms with Crippen molar-refractivity contribution in [2.75, 3.05) is 5.32 Å². The summed E-state index contributed by atoms with van der Waals surface area (Å²) in [6, 6.07) is 12.9. The third-order valence-electron chi connectivity index (χ3n) is 6.42. The topological polar surface area (TPSA) is 126 Å². The summed E-state index contributed by atoms with van der Waals surface area (Å²) in [7, 11) is 0. The fourth-order valence-corrected chi connectivity index (χ4v) is 4.31. The zero-order chi connectivity index (χ0) is 21.8. The molecule has 0 spiro atoms. The Morgan fingerprint density at radius 3 is 2.52 bits per heavy atom. The zero-order valence-corrected chi connectivity index (χ0v) is 17.5. The van der Waals surface area contributed by atoms with Crippen molar-refractivity contribution in [3.63, 3.8) is 0 Å². The lowest BCUT2D eigenvalue weighted by atomic mass is 9.77. The average molecular weight is 421 g/mol. The number of amides is 2. The molecular weight excluding hydrogens is 392 g/mol. The van der Waals surface area contributed by atoms with Crippen LogP contribution in [0.2, 0.25) is 0 Å². The van der Waals surface area contributed by atoms with Crippen molar-refractivity contribution in [3.05, 3.63) is 47.7 Å². The smallest absolute Gasteiger partial charge is 0.254 e. The number of nitriles is 1. The third-order valence-corrected chi connectivity index (χ3v) is 6.42. The molecule has 0 unspecified atom stereocenters. The summed E-state index contributed by atoms with van der Waals surface area (Å²) in [5.74, 6) is -0.574. The molecular formula is C23H28N6O2. The van der Waals surface area contributed by atoms with Crippen LogP contribution in [0.25, 0.3) is 0 Å². The highest BCUT2D eigenvalue weighted by atomic mass is 16.2. The summed E-state index contributed by atoms with van der Waals surface area (Å²) in [6.45, 7) is 0.807. The van der Waals surface area contributed by atoms with Crippen LogP contribution in [0.5, 0.6) is 0 Å². The maximum absolute atomic E-state index is 12.2. The van der Waals surface area contributed by atoms with E-state index in [4.69, 9.17) is 5.73 Å². The molecule has 0 atom stereocenters. The molecule has 8 heteroatoms. The highest BCUT2D eigenvalue weighted by molar-refractivity contribution is 6.02. The minimum atomic E-state index is -0.636. The first-order valence-corrected chi connectivity index (χ1v) is 10.9. The number of primary amides is 1. The summed E-state index contributed by atoms with van der Waals surface area (Å²) in [5.41, 5.74) is 6.46. The highest BCUT2D eigenvalue weighted by Crippen LogP contribution is 2.39. The van der Waals surface area contributed by atoms with Gasteiger partial charge in [0.2, 0.25) is 5.91 Å². The van der Waals surface area contributed by atoms with Crippen molar-refractivity contribution in [2.24, 2.45) is 11.7 Å². The van der Waals surface area contributed by atoms with E-state index in [1.807, 2.05) is 18.2 Å². The maximum atomic E-state index is 12.2. The van der Waals surface area contributed by atoms with Crippen LogP contribution < -0.4 is 16.4 Å². The Kier molecular flexibility index (Phi) is 6.05. The minimum absolute atomic E-state index is 0.00919. The SMILES string of the molecule is N#CCC1(n2cc(C(N)=O)c(NC(=O)C3CC3)n2)CCC(NCc2ccccc2)CC1. The van der Waals surface area contributed by atoms with Crippen molar-refractivity contribution < 1.29 is 9.59 Å². The molecule has 2 fully saturated rings. The van der Waals surface area contributed by atoms with Crippen LogP contribution in [0, 0.1) is 17.2 Å². The molecule has 2 aliphatic rings. The van der Waals surface area contributed by atoms with Crippen molar-refractivity contribution in [3.8, 4) is 6.07 Å². The first-order chi connectivity index (χ1) is 15.0. The van der Waals surface area contributed by atoms with Gasteiger partial charge in [0.25, 0.3) is 5.91 Å². The van der Waals surface area contributed by atoms with Crippen LogP contribution in [-0.2, 0) is 16.9 Å². The van der Waals surface area contributed by atoms with Crippen LogP contribution in [0.15, 0.2) is 36.5 Å². The van der Waals surface area contributed by atoms with E-state index in [0.717, 1.165) is 45.1 Å². The molecule has 1 aromatic carbocycles. The number of nitrogens with one attached hydrogen (secondary N) is 2. The van der Waals surface area contributed by atoms with Crippen LogP contribution in [0.3, 0.4) is 0 Å². The van der Waals surface area contributed by atoms with E-state index in [2.05, 4.69) is 33.9 Å². The monoisotopic (exact) mass is 420 g/mol. The normalized spacial score (nSPS) is 23.1. The summed E-state index contributed by atoms with van der Waals surface area (Å²) >= 11 is 0. The first kappa shape index (κ1) is 21.1. The molecule has 0 saturated heterocycles. The lowest BCUT2D eigenvalue weighted by Gasteiger charge is -2.39. The molecule has 2 aromatic rings. The Labute approximate surface area is 181 Å². The Hall–Kier alpha value is -3.18. The van der Waals surface area contributed by atoms with E-state index in [0.29, 0.717) is 6.04 Å². The molecule has 0 radical (unpaired) electrons. The van der Waals surface area contributed by atoms with E-state index < -0.39 is 11.4 Å². The van der Waals surface area contributed by atoms with Crippen LogP contribution >= 0.6 is 0 Å². The van der Waals surface area contributed by atoms with E-state index >= 15 is 0 Å². The number of anilines is 1. The molecule has 4 rings (SSSR count). The number of hydrogen-bond donors (Lipinski definition) is 3. The van der Waals surface area contributed by atoms with Gasteiger partial charge in [0.15, 0.2) is 5.82 Å². The molecule has 0 bridgehead atoms. The summed E-state index contributed by atoms with van der Waals surface area (Å²) in [6.07, 6.45) is 6.89. The molecule has 4 N–H and O–H groups in total. The number of nitrogens with two attached hydrogens (primary N) is 1. The Morgan fingerprint density at radius 1 is 1.19 bits per heavy atom. The van der Waals surface area contributed by atoms with Gasteiger partial charge >= 0.3 is 0 Å². The minimum Gasteiger partial charge on any atom is -0.365 e. The van der Waals surface area contributed by atoms with Gasteiger partial charge in [0, 0.05) is 24.7 Å². The number of hydrogen-bond acceptors (Lipinski definition) is 5. The number of nitrogens with zero attached hydrogens (tertiary/aromatic N) is 3. The fourth-order valence-electron chi connectivity index (χ4n) is 4.31. The van der Waals surface area contributed by atoms with Crippen LogP contribution in [-0.4, -0.2) is 27.6 Å². The molecule has 0 aliphatic heterocycles. The van der Waals surface area contributed by atoms with Gasteiger partial charge in [0.05, 0.1) is 18.0 Å². The Morgan fingerprint density at radius 2 is 1.90 bits per heavy atom. The predicted octanol–water partition coefficient (Wildman–Crippen LogP) is 2.67. The van der Waals surface area contributed by atoms with Crippen LogP contribution in [0.4, 0.5) is 5.82 Å². The molecule has 2 aliphatic carbocycles. The number of carbonyl (C=O) groups excluding carboxylic acids is 2. The van der Waals surface area contributed by atoms with Gasteiger partial charge in [-0.3, -0.25) is 14.3 Å². The molecule has 1 heterocycles. The van der Waals surface area contributed by atoms with Crippen molar-refractivity contribution >= 4 is 17.6 Å². The molecule has 31 heavy (non-hydrogen) atoms. The van der Waals surface area contributed by atoms with Crippen molar-refractivity contribution in [1.29, 1.82) is 5.26 Å². The van der Waals surface area contributed by atoms with Crippen LogP contribution in [0.1, 0.15) is 60.9 Å². The Bertz CT molecular complexity index is 981. The standard InChI is InChI=1S/C23H28N6O2/c24-13-12-23(10-8-18(9-11-23)26-14-16-4-2-1-3-5-16)29-15-19(20(25)30)21(28-29)27-22(31)17-6-7-17/h1-5,15,17-18,26H,6-12,14H2,(H2,25,30)(H,27,28,31). The van der Waals surface area contributed by atoms with Crippen molar-refractivity contribution in [2.45, 2.75) is 63.1 Å². The van der Waals surface area contributed by atoms with Gasteiger partial charge in [-0.05, 0) is 44.1 Å². The molecule has 162 valence electrons. The van der Waals surface area contributed by atoms with E-state index in [-0.39, 0.29) is 29.6 Å². The quantitative estimate of drug-likeness (QED) is 0.605. The van der Waals surface area contributed by atoms with Gasteiger partial charge in [-0.1, -0.05) is 30.3 Å². The summed E-state index contributed by atoms with van der Waals surface area (Å²) < 4.78 is 1.70. The number of aromatic nitrogens is 2. The summed E-state index contributed by atoms with van der Waals surface area (Å²) in [5, 5.41) is 20.4. The average Bonchev–Trinajstić information content (AvgIpc) is 3.54. The van der Waals surface area contributed by atoms with Gasteiger partial charge in [-0.2, -0.15) is 10.4 Å². The second-order valence-corrected chi connectivity index (χ2v) is 8.66. The van der Waals surface area contributed by atoms with Crippen molar-refractivity contribution in [1.82, 2.24) is 15.1 Å². The Balaban J connectivity index is 1.47. The van der Waals surface area contributed by atoms with Gasteiger partial charge in [-0.15, -0.1) is 0 Å². The maximum Gasteiger partial charge on any atom is 0.254 e. The molecule has 2 saturated carbocycles. The molecule has 8 nitrogen and oxygen atoms in total. The largest absolute Gasteiger partial charge is 0.365 e. The summed E-state index contributed by atoms with van der Waals surface area (Å²) in [4.78, 5) is 24.2. The number of carbonyl (C=O) groups is 2. The molecule has 2 amide bonds. The van der Waals surface area contributed by atoms with Gasteiger partial charge in [-0.25, -0.2) is 0 Å². The lowest BCUT2D eigenvalue weighted by molar-refractivity contribution is -0.117. The van der Waals surface area contributed by atoms with E-state index in [1.54, 1.807) is 10.9 Å². The highest BCUT2D eigenvalue weighted by Gasteiger charge is 2.39. The zero-order valence-electron chi connectivity index (χ0n) is 17.5. The second-order valence-electron chi connectivity index (χ2n) is 8.66. The fraction of sp³-hybridized carbons (Fsp3) is 0.478.